The summed E-state index contributed by atoms with van der Waals surface area (Å²) in [5.74, 6) is -0.153. The third-order valence-electron chi connectivity index (χ3n) is 3.47. The predicted molar refractivity (Wildman–Crippen MR) is 87.2 cm³/mol. The number of halogens is 1. The Morgan fingerprint density at radius 3 is 2.00 bits per heavy atom. The summed E-state index contributed by atoms with van der Waals surface area (Å²) in [5.41, 5.74) is 2.91. The number of rotatable bonds is 7. The van der Waals surface area contributed by atoms with Crippen LogP contribution in [0.3, 0.4) is 0 Å². The number of nitrogens with zero attached hydrogens (tertiary/aromatic N) is 1. The molecule has 0 N–H and O–H groups in total. The molecule has 0 aliphatic heterocycles. The van der Waals surface area contributed by atoms with Crippen LogP contribution < -0.4 is 0 Å². The first-order chi connectivity index (χ1) is 10.6. The third-order valence-corrected chi connectivity index (χ3v) is 3.47. The molecule has 0 radical (unpaired) electrons. The van der Waals surface area contributed by atoms with E-state index in [1.54, 1.807) is 19.1 Å². The zero-order valence-electron chi connectivity index (χ0n) is 12.8. The van der Waals surface area contributed by atoms with Gasteiger partial charge in [0.25, 0.3) is 0 Å². The topological polar surface area (TPSA) is 20.3 Å². The molecule has 0 spiro atoms. The molecule has 0 unspecified atom stereocenters. The monoisotopic (exact) mass is 297 g/mol. The summed E-state index contributed by atoms with van der Waals surface area (Å²) < 4.78 is 13.0. The van der Waals surface area contributed by atoms with E-state index >= 15 is 0 Å². The van der Waals surface area contributed by atoms with E-state index in [1.165, 1.54) is 12.1 Å². The van der Waals surface area contributed by atoms with E-state index in [0.717, 1.165) is 36.3 Å². The van der Waals surface area contributed by atoms with Crippen LogP contribution in [0.25, 0.3) is 0 Å². The van der Waals surface area contributed by atoms with Crippen molar-refractivity contribution in [1.29, 1.82) is 0 Å². The molecule has 2 rings (SSSR count). The SMILES string of the molecule is C=CCN(Cc1ccc(F)cc1)Cc1ccc(C(C)=O)cc1. The highest BCUT2D eigenvalue weighted by molar-refractivity contribution is 5.93. The zero-order chi connectivity index (χ0) is 15.9. The van der Waals surface area contributed by atoms with Gasteiger partial charge in [0.2, 0.25) is 0 Å². The van der Waals surface area contributed by atoms with Crippen LogP contribution in [-0.2, 0) is 13.1 Å². The van der Waals surface area contributed by atoms with Gasteiger partial charge in [0.1, 0.15) is 5.82 Å². The van der Waals surface area contributed by atoms with Crippen LogP contribution in [0.2, 0.25) is 0 Å². The third kappa shape index (κ3) is 4.64. The van der Waals surface area contributed by atoms with Crippen LogP contribution in [0.1, 0.15) is 28.4 Å². The molecule has 0 atom stereocenters. The molecule has 0 saturated carbocycles. The van der Waals surface area contributed by atoms with E-state index in [4.69, 9.17) is 0 Å². The summed E-state index contributed by atoms with van der Waals surface area (Å²) >= 11 is 0. The Labute approximate surface area is 130 Å². The normalized spacial score (nSPS) is 10.7. The molecule has 0 heterocycles. The van der Waals surface area contributed by atoms with Crippen molar-refractivity contribution >= 4 is 5.78 Å². The maximum atomic E-state index is 13.0. The van der Waals surface area contributed by atoms with Crippen molar-refractivity contribution in [3.63, 3.8) is 0 Å². The summed E-state index contributed by atoms with van der Waals surface area (Å²) in [6, 6.07) is 14.2. The first-order valence-corrected chi connectivity index (χ1v) is 7.26. The van der Waals surface area contributed by atoms with Crippen LogP contribution in [0.4, 0.5) is 4.39 Å². The maximum absolute atomic E-state index is 13.0. The van der Waals surface area contributed by atoms with E-state index in [-0.39, 0.29) is 11.6 Å². The molecule has 0 aliphatic rings. The number of hydrogen-bond donors (Lipinski definition) is 0. The number of carbonyl (C=O) groups is 1. The minimum atomic E-state index is -0.223. The molecule has 0 bridgehead atoms. The van der Waals surface area contributed by atoms with Crippen LogP contribution in [0.5, 0.6) is 0 Å². The lowest BCUT2D eigenvalue weighted by atomic mass is 10.1. The van der Waals surface area contributed by atoms with E-state index in [9.17, 15) is 9.18 Å². The van der Waals surface area contributed by atoms with Crippen molar-refractivity contribution in [2.24, 2.45) is 0 Å². The minimum absolute atomic E-state index is 0.0702. The molecule has 0 saturated heterocycles. The standard InChI is InChI=1S/C19H20FNO/c1-3-12-21(14-17-6-10-19(20)11-7-17)13-16-4-8-18(9-5-16)15(2)22/h3-11H,1,12-14H2,2H3. The first-order valence-electron chi connectivity index (χ1n) is 7.26. The molecule has 2 aromatic rings. The van der Waals surface area contributed by atoms with Crippen LogP contribution in [0.15, 0.2) is 61.2 Å². The summed E-state index contributed by atoms with van der Waals surface area (Å²) in [7, 11) is 0. The summed E-state index contributed by atoms with van der Waals surface area (Å²) in [6.07, 6.45) is 1.85. The van der Waals surface area contributed by atoms with E-state index in [2.05, 4.69) is 11.5 Å². The quantitative estimate of drug-likeness (QED) is 0.563. The van der Waals surface area contributed by atoms with Crippen molar-refractivity contribution in [2.45, 2.75) is 20.0 Å². The molecule has 22 heavy (non-hydrogen) atoms. The van der Waals surface area contributed by atoms with Gasteiger partial charge in [-0.25, -0.2) is 4.39 Å². The average molecular weight is 297 g/mol. The summed E-state index contributed by atoms with van der Waals surface area (Å²) in [5, 5.41) is 0. The Balaban J connectivity index is 2.05. The molecule has 0 aromatic heterocycles. The fourth-order valence-electron chi connectivity index (χ4n) is 2.32. The lowest BCUT2D eigenvalue weighted by Crippen LogP contribution is -2.22. The Kier molecular flexibility index (Phi) is 5.61. The second-order valence-corrected chi connectivity index (χ2v) is 5.34. The van der Waals surface area contributed by atoms with Gasteiger partial charge in [-0.05, 0) is 30.2 Å². The Bertz CT molecular complexity index is 631. The van der Waals surface area contributed by atoms with Gasteiger partial charge in [0, 0.05) is 25.2 Å². The summed E-state index contributed by atoms with van der Waals surface area (Å²) in [6.45, 7) is 7.57. The van der Waals surface area contributed by atoms with Crippen molar-refractivity contribution in [3.05, 3.63) is 83.7 Å². The molecule has 3 heteroatoms. The minimum Gasteiger partial charge on any atom is -0.295 e. The van der Waals surface area contributed by atoms with Crippen molar-refractivity contribution in [3.8, 4) is 0 Å². The van der Waals surface area contributed by atoms with E-state index in [1.807, 2.05) is 30.3 Å². The predicted octanol–water partition coefficient (Wildman–Crippen LogP) is 4.22. The van der Waals surface area contributed by atoms with Gasteiger partial charge in [-0.2, -0.15) is 0 Å². The van der Waals surface area contributed by atoms with Crippen molar-refractivity contribution < 1.29 is 9.18 Å². The average Bonchev–Trinajstić information content (AvgIpc) is 2.50. The van der Waals surface area contributed by atoms with Crippen LogP contribution in [0, 0.1) is 5.82 Å². The van der Waals surface area contributed by atoms with Crippen molar-refractivity contribution in [1.82, 2.24) is 4.90 Å². The fourth-order valence-corrected chi connectivity index (χ4v) is 2.32. The molecule has 0 aliphatic carbocycles. The number of hydrogen-bond acceptors (Lipinski definition) is 2. The largest absolute Gasteiger partial charge is 0.295 e. The highest BCUT2D eigenvalue weighted by atomic mass is 19.1. The second-order valence-electron chi connectivity index (χ2n) is 5.34. The van der Waals surface area contributed by atoms with Gasteiger partial charge < -0.3 is 0 Å². The van der Waals surface area contributed by atoms with Crippen LogP contribution in [-0.4, -0.2) is 17.2 Å². The zero-order valence-corrected chi connectivity index (χ0v) is 12.8. The van der Waals surface area contributed by atoms with Gasteiger partial charge in [-0.1, -0.05) is 42.5 Å². The van der Waals surface area contributed by atoms with Gasteiger partial charge >= 0.3 is 0 Å². The lowest BCUT2D eigenvalue weighted by molar-refractivity contribution is 0.101. The highest BCUT2D eigenvalue weighted by Gasteiger charge is 2.07. The molecule has 0 amide bonds. The number of Topliss-reactive ketones (excluding diaryl/α,β-unsaturated/α-hetero) is 1. The summed E-state index contributed by atoms with van der Waals surface area (Å²) in [4.78, 5) is 13.5. The molecular formula is C19H20FNO. The molecule has 2 nitrogen and oxygen atoms in total. The first kappa shape index (κ1) is 16.1. The number of carbonyl (C=O) groups excluding carboxylic acids is 1. The molecule has 2 aromatic carbocycles. The number of ketones is 1. The molecule has 114 valence electrons. The van der Waals surface area contributed by atoms with Gasteiger partial charge in [-0.15, -0.1) is 6.58 Å². The van der Waals surface area contributed by atoms with Gasteiger partial charge in [0.05, 0.1) is 0 Å². The Hall–Kier alpha value is -2.26. The van der Waals surface area contributed by atoms with Crippen LogP contribution >= 0.6 is 0 Å². The Morgan fingerprint density at radius 1 is 1.05 bits per heavy atom. The fraction of sp³-hybridized carbons (Fsp3) is 0.211. The highest BCUT2D eigenvalue weighted by Crippen LogP contribution is 2.12. The number of benzene rings is 2. The smallest absolute Gasteiger partial charge is 0.159 e. The maximum Gasteiger partial charge on any atom is 0.159 e. The van der Waals surface area contributed by atoms with Gasteiger partial charge in [0.15, 0.2) is 5.78 Å². The van der Waals surface area contributed by atoms with Crippen molar-refractivity contribution in [2.75, 3.05) is 6.54 Å². The van der Waals surface area contributed by atoms with Gasteiger partial charge in [-0.3, -0.25) is 9.69 Å². The van der Waals surface area contributed by atoms with E-state index in [0.29, 0.717) is 0 Å². The second kappa shape index (κ2) is 7.66. The molecular weight excluding hydrogens is 277 g/mol. The molecule has 0 fully saturated rings. The Morgan fingerprint density at radius 2 is 1.55 bits per heavy atom. The van der Waals surface area contributed by atoms with E-state index < -0.39 is 0 Å². The lowest BCUT2D eigenvalue weighted by Gasteiger charge is -2.21.